The molecule has 2 fully saturated rings. The Morgan fingerprint density at radius 2 is 1.33 bits per heavy atom. The predicted octanol–water partition coefficient (Wildman–Crippen LogP) is 1.85. The summed E-state index contributed by atoms with van der Waals surface area (Å²) in [6.45, 7) is 7.98. The molecule has 3 aliphatic rings. The maximum absolute atomic E-state index is 13.5. The van der Waals surface area contributed by atoms with Gasteiger partial charge in [-0.1, -0.05) is 38.8 Å². The third-order valence-corrected chi connectivity index (χ3v) is 6.99. The van der Waals surface area contributed by atoms with Gasteiger partial charge in [0.15, 0.2) is 0 Å². The van der Waals surface area contributed by atoms with Crippen LogP contribution in [0.4, 0.5) is 0 Å². The zero-order valence-corrected chi connectivity index (χ0v) is 19.7. The topological polar surface area (TPSA) is 81.2 Å². The number of hydrogen-bond acceptors (Lipinski definition) is 5. The smallest absolute Gasteiger partial charge is 0.262 e. The fraction of sp³-hybridized carbons (Fsp3) is 0.600. The van der Waals surface area contributed by atoms with E-state index in [9.17, 15) is 19.2 Å². The summed E-state index contributed by atoms with van der Waals surface area (Å²) in [6, 6.07) is 5.90. The van der Waals surface area contributed by atoms with Crippen LogP contribution < -0.4 is 0 Å². The van der Waals surface area contributed by atoms with Crippen molar-refractivity contribution < 1.29 is 19.2 Å². The highest BCUT2D eigenvalue weighted by Gasteiger charge is 2.45. The van der Waals surface area contributed by atoms with Gasteiger partial charge in [0.05, 0.1) is 17.7 Å². The van der Waals surface area contributed by atoms with Crippen LogP contribution in [0.3, 0.4) is 0 Å². The third kappa shape index (κ3) is 4.81. The molecule has 4 rings (SSSR count). The number of carbonyl (C=O) groups excluding carboxylic acids is 4. The summed E-state index contributed by atoms with van der Waals surface area (Å²) < 4.78 is 0. The van der Waals surface area contributed by atoms with Crippen LogP contribution in [0.1, 0.15) is 60.2 Å². The van der Waals surface area contributed by atoms with Gasteiger partial charge in [-0.2, -0.15) is 0 Å². The Hall–Kier alpha value is -2.74. The SMILES string of the molecule is CC(C)C(C(=O)N1CCN(CC(=O)N2CCCCCC2)CC1)N1C(=O)c2ccccc2C1=O. The number of likely N-dealkylation sites (tertiary alicyclic amines) is 1. The molecule has 2 saturated heterocycles. The predicted molar refractivity (Wildman–Crippen MR) is 124 cm³/mol. The highest BCUT2D eigenvalue weighted by molar-refractivity contribution is 6.22. The molecule has 1 aromatic carbocycles. The molecule has 0 bridgehead atoms. The van der Waals surface area contributed by atoms with Crippen molar-refractivity contribution in [2.24, 2.45) is 5.92 Å². The molecule has 0 spiro atoms. The van der Waals surface area contributed by atoms with E-state index in [-0.39, 0.29) is 17.7 Å². The molecular formula is C25H34N4O4. The minimum Gasteiger partial charge on any atom is -0.342 e. The minimum absolute atomic E-state index is 0.169. The molecule has 8 nitrogen and oxygen atoms in total. The van der Waals surface area contributed by atoms with Crippen LogP contribution in [-0.4, -0.2) is 95.1 Å². The van der Waals surface area contributed by atoms with Gasteiger partial charge < -0.3 is 9.80 Å². The van der Waals surface area contributed by atoms with Crippen LogP contribution in [0.5, 0.6) is 0 Å². The van der Waals surface area contributed by atoms with Crippen molar-refractivity contribution >= 4 is 23.6 Å². The first-order valence-electron chi connectivity index (χ1n) is 12.1. The van der Waals surface area contributed by atoms with Crippen molar-refractivity contribution in [2.45, 2.75) is 45.6 Å². The molecule has 3 heterocycles. The molecule has 0 N–H and O–H groups in total. The van der Waals surface area contributed by atoms with Gasteiger partial charge in [0.1, 0.15) is 6.04 Å². The van der Waals surface area contributed by atoms with Gasteiger partial charge in [-0.3, -0.25) is 29.0 Å². The molecule has 8 heteroatoms. The molecule has 3 aliphatic heterocycles. The van der Waals surface area contributed by atoms with Crippen molar-refractivity contribution in [3.8, 4) is 0 Å². The van der Waals surface area contributed by atoms with Crippen molar-refractivity contribution in [3.05, 3.63) is 35.4 Å². The number of carbonyl (C=O) groups is 4. The van der Waals surface area contributed by atoms with Gasteiger partial charge in [-0.15, -0.1) is 0 Å². The van der Waals surface area contributed by atoms with Gasteiger partial charge in [0.25, 0.3) is 11.8 Å². The lowest BCUT2D eigenvalue weighted by atomic mass is 10.0. The Kier molecular flexibility index (Phi) is 7.12. The van der Waals surface area contributed by atoms with E-state index in [1.807, 2.05) is 18.7 Å². The fourth-order valence-electron chi connectivity index (χ4n) is 5.08. The van der Waals surface area contributed by atoms with E-state index < -0.39 is 17.9 Å². The largest absolute Gasteiger partial charge is 0.342 e. The molecule has 1 atom stereocenters. The summed E-state index contributed by atoms with van der Waals surface area (Å²) in [5.41, 5.74) is 0.718. The number of nitrogens with zero attached hydrogens (tertiary/aromatic N) is 4. The highest BCUT2D eigenvalue weighted by Crippen LogP contribution is 2.28. The molecular weight excluding hydrogens is 420 g/mol. The Bertz CT molecular complexity index is 880. The maximum atomic E-state index is 13.5. The minimum atomic E-state index is -0.831. The van der Waals surface area contributed by atoms with Gasteiger partial charge in [-0.25, -0.2) is 0 Å². The van der Waals surface area contributed by atoms with Crippen LogP contribution in [0, 0.1) is 5.92 Å². The zero-order chi connectivity index (χ0) is 23.5. The number of amides is 4. The molecule has 0 aliphatic carbocycles. The van der Waals surface area contributed by atoms with E-state index in [4.69, 9.17) is 0 Å². The summed E-state index contributed by atoms with van der Waals surface area (Å²) >= 11 is 0. The van der Waals surface area contributed by atoms with Crippen molar-refractivity contribution in [1.82, 2.24) is 19.6 Å². The lowest BCUT2D eigenvalue weighted by molar-refractivity contribution is -0.139. The van der Waals surface area contributed by atoms with Gasteiger partial charge in [-0.05, 0) is 30.9 Å². The van der Waals surface area contributed by atoms with Crippen molar-refractivity contribution in [3.63, 3.8) is 0 Å². The third-order valence-electron chi connectivity index (χ3n) is 6.99. The number of rotatable bonds is 5. The van der Waals surface area contributed by atoms with E-state index in [1.54, 1.807) is 29.2 Å². The summed E-state index contributed by atoms with van der Waals surface area (Å²) in [6.07, 6.45) is 4.52. The lowest BCUT2D eigenvalue weighted by Gasteiger charge is -2.39. The van der Waals surface area contributed by atoms with E-state index >= 15 is 0 Å². The number of imide groups is 1. The summed E-state index contributed by atoms with van der Waals surface area (Å²) in [5.74, 6) is -1.03. The molecule has 1 unspecified atom stereocenters. The number of hydrogen-bond donors (Lipinski definition) is 0. The fourth-order valence-corrected chi connectivity index (χ4v) is 5.08. The van der Waals surface area contributed by atoms with Crippen molar-refractivity contribution in [1.29, 1.82) is 0 Å². The summed E-state index contributed by atoms with van der Waals surface area (Å²) in [7, 11) is 0. The van der Waals surface area contributed by atoms with E-state index in [0.717, 1.165) is 30.8 Å². The van der Waals surface area contributed by atoms with Gasteiger partial charge in [0.2, 0.25) is 11.8 Å². The first kappa shape index (κ1) is 23.4. The van der Waals surface area contributed by atoms with Crippen LogP contribution >= 0.6 is 0 Å². The zero-order valence-electron chi connectivity index (χ0n) is 19.7. The van der Waals surface area contributed by atoms with E-state index in [1.165, 1.54) is 12.8 Å². The average Bonchev–Trinajstić information content (AvgIpc) is 3.00. The number of fused-ring (bicyclic) bond motifs is 1. The number of piperazine rings is 1. The molecule has 4 amide bonds. The van der Waals surface area contributed by atoms with Crippen LogP contribution in [0.2, 0.25) is 0 Å². The second-order valence-corrected chi connectivity index (χ2v) is 9.61. The molecule has 0 radical (unpaired) electrons. The maximum Gasteiger partial charge on any atom is 0.262 e. The van der Waals surface area contributed by atoms with Crippen LogP contribution in [0.25, 0.3) is 0 Å². The Morgan fingerprint density at radius 3 is 1.85 bits per heavy atom. The molecule has 0 aromatic heterocycles. The summed E-state index contributed by atoms with van der Waals surface area (Å²) in [5, 5.41) is 0. The van der Waals surface area contributed by atoms with Crippen molar-refractivity contribution in [2.75, 3.05) is 45.8 Å². The molecule has 1 aromatic rings. The Labute approximate surface area is 195 Å². The molecule has 178 valence electrons. The molecule has 0 saturated carbocycles. The Morgan fingerprint density at radius 1 is 0.788 bits per heavy atom. The van der Waals surface area contributed by atoms with E-state index in [2.05, 4.69) is 4.90 Å². The monoisotopic (exact) mass is 454 g/mol. The van der Waals surface area contributed by atoms with Crippen LogP contribution in [-0.2, 0) is 9.59 Å². The average molecular weight is 455 g/mol. The summed E-state index contributed by atoms with van der Waals surface area (Å²) in [4.78, 5) is 59.1. The second-order valence-electron chi connectivity index (χ2n) is 9.61. The standard InChI is InChI=1S/C25H34N4O4/c1-18(2)22(29-23(31)19-9-5-6-10-20(19)24(29)32)25(33)28-15-13-26(14-16-28)17-21(30)27-11-7-3-4-8-12-27/h5-6,9-10,18,22H,3-4,7-8,11-17H2,1-2H3. The van der Waals surface area contributed by atoms with Crippen LogP contribution in [0.15, 0.2) is 24.3 Å². The normalized spacial score (nSPS) is 20.8. The Balaban J connectivity index is 1.37. The first-order chi connectivity index (χ1) is 15.9. The van der Waals surface area contributed by atoms with Gasteiger partial charge in [0, 0.05) is 39.3 Å². The first-order valence-corrected chi connectivity index (χ1v) is 12.1. The lowest BCUT2D eigenvalue weighted by Crippen LogP contribution is -2.58. The highest BCUT2D eigenvalue weighted by atomic mass is 16.2. The second kappa shape index (κ2) is 10.0. The number of benzene rings is 1. The van der Waals surface area contributed by atoms with E-state index in [0.29, 0.717) is 43.9 Å². The van der Waals surface area contributed by atoms with Gasteiger partial charge >= 0.3 is 0 Å². The molecule has 33 heavy (non-hydrogen) atoms. The quantitative estimate of drug-likeness (QED) is 0.635.